The van der Waals surface area contributed by atoms with Crippen LogP contribution >= 0.6 is 0 Å². The molecule has 1 rings (SSSR count). The Morgan fingerprint density at radius 2 is 2.12 bits per heavy atom. The molecular weight excluding hydrogens is 192 g/mol. The predicted octanol–water partition coefficient (Wildman–Crippen LogP) is 5.00. The molecule has 1 aliphatic carbocycles. The molecule has 1 atom stereocenters. The smallest absolute Gasteiger partial charge is 0.00643 e. The molecule has 0 aromatic carbocycles. The molecule has 0 aliphatic heterocycles. The lowest BCUT2D eigenvalue weighted by atomic mass is 10.0. The Hall–Kier alpha value is -1.04. The van der Waals surface area contributed by atoms with Crippen molar-refractivity contribution in [1.82, 2.24) is 0 Å². The van der Waals surface area contributed by atoms with E-state index in [2.05, 4.69) is 32.2 Å². The van der Waals surface area contributed by atoms with Crippen LogP contribution in [-0.2, 0) is 0 Å². The monoisotopic (exact) mass is 215 g/mol. The van der Waals surface area contributed by atoms with E-state index in [1.54, 1.807) is 0 Å². The molecular formula is C16H23. The lowest BCUT2D eigenvalue weighted by Gasteiger charge is -2.05. The van der Waals surface area contributed by atoms with Crippen LogP contribution in [-0.4, -0.2) is 0 Å². The van der Waals surface area contributed by atoms with Gasteiger partial charge in [0.25, 0.3) is 0 Å². The molecule has 1 unspecified atom stereocenters. The van der Waals surface area contributed by atoms with Crippen LogP contribution in [0.15, 0.2) is 42.5 Å². The van der Waals surface area contributed by atoms with Gasteiger partial charge in [-0.1, -0.05) is 38.0 Å². The van der Waals surface area contributed by atoms with E-state index < -0.39 is 0 Å². The zero-order valence-corrected chi connectivity index (χ0v) is 10.5. The van der Waals surface area contributed by atoms with Crippen molar-refractivity contribution < 1.29 is 0 Å². The van der Waals surface area contributed by atoms with Gasteiger partial charge < -0.3 is 0 Å². The molecule has 0 heterocycles. The third-order valence-corrected chi connectivity index (χ3v) is 2.97. The van der Waals surface area contributed by atoms with Crippen molar-refractivity contribution in [2.24, 2.45) is 5.92 Å². The fourth-order valence-electron chi connectivity index (χ4n) is 2.14. The number of hydrogen-bond acceptors (Lipinski definition) is 0. The third-order valence-electron chi connectivity index (χ3n) is 2.97. The molecule has 0 nitrogen and oxygen atoms in total. The Bertz CT molecular complexity index is 291. The van der Waals surface area contributed by atoms with E-state index in [0.717, 1.165) is 12.8 Å². The van der Waals surface area contributed by atoms with Gasteiger partial charge in [-0.3, -0.25) is 0 Å². The maximum absolute atomic E-state index is 3.82. The molecule has 0 aromatic rings. The summed E-state index contributed by atoms with van der Waals surface area (Å²) in [5.41, 5.74) is 2.87. The van der Waals surface area contributed by atoms with Crippen LogP contribution in [0.25, 0.3) is 0 Å². The standard InChI is InChI=1S/C16H23/c1-4-7-8-11-16-13-14(9-5-2)12-15(16)10-6-3/h5-6,13-14H,2-4,7-11H2,1H3. The molecule has 0 aromatic heterocycles. The normalized spacial score (nSPS) is 19.2. The van der Waals surface area contributed by atoms with Gasteiger partial charge in [0.2, 0.25) is 0 Å². The Morgan fingerprint density at radius 3 is 2.75 bits per heavy atom. The lowest BCUT2D eigenvalue weighted by Crippen LogP contribution is -1.86. The van der Waals surface area contributed by atoms with Gasteiger partial charge in [0.1, 0.15) is 0 Å². The Balaban J connectivity index is 2.56. The Kier molecular flexibility index (Phi) is 5.92. The van der Waals surface area contributed by atoms with Crippen molar-refractivity contribution in [3.63, 3.8) is 0 Å². The Labute approximate surface area is 100 Å². The average molecular weight is 215 g/mol. The summed E-state index contributed by atoms with van der Waals surface area (Å²) in [6.07, 6.45) is 17.0. The summed E-state index contributed by atoms with van der Waals surface area (Å²) in [6, 6.07) is 0. The van der Waals surface area contributed by atoms with Crippen LogP contribution in [0.1, 0.15) is 45.4 Å². The van der Waals surface area contributed by atoms with Gasteiger partial charge in [-0.25, -0.2) is 0 Å². The van der Waals surface area contributed by atoms with E-state index >= 15 is 0 Å². The number of rotatable bonds is 8. The van der Waals surface area contributed by atoms with Gasteiger partial charge in [-0.15, -0.1) is 13.2 Å². The molecule has 0 saturated carbocycles. The van der Waals surface area contributed by atoms with E-state index in [1.807, 2.05) is 12.2 Å². The van der Waals surface area contributed by atoms with E-state index in [0.29, 0.717) is 5.92 Å². The highest BCUT2D eigenvalue weighted by Crippen LogP contribution is 2.31. The topological polar surface area (TPSA) is 0 Å². The maximum atomic E-state index is 3.82. The first-order valence-electron chi connectivity index (χ1n) is 6.37. The molecule has 0 fully saturated rings. The summed E-state index contributed by atoms with van der Waals surface area (Å²) < 4.78 is 0. The van der Waals surface area contributed by atoms with Crippen molar-refractivity contribution >= 4 is 0 Å². The van der Waals surface area contributed by atoms with Gasteiger partial charge in [0.05, 0.1) is 0 Å². The van der Waals surface area contributed by atoms with E-state index in [4.69, 9.17) is 0 Å². The predicted molar refractivity (Wildman–Crippen MR) is 72.1 cm³/mol. The van der Waals surface area contributed by atoms with Crippen LogP contribution in [0.3, 0.4) is 0 Å². The summed E-state index contributed by atoms with van der Waals surface area (Å²) >= 11 is 0. The molecule has 16 heavy (non-hydrogen) atoms. The van der Waals surface area contributed by atoms with Gasteiger partial charge in [0.15, 0.2) is 0 Å². The van der Waals surface area contributed by atoms with Crippen molar-refractivity contribution in [3.8, 4) is 0 Å². The quantitative estimate of drug-likeness (QED) is 0.394. The first-order valence-corrected chi connectivity index (χ1v) is 6.37. The molecule has 0 N–H and O–H groups in total. The summed E-state index contributed by atoms with van der Waals surface area (Å²) in [5, 5.41) is 0. The van der Waals surface area contributed by atoms with Crippen LogP contribution in [0.2, 0.25) is 0 Å². The van der Waals surface area contributed by atoms with Crippen LogP contribution in [0.5, 0.6) is 0 Å². The lowest BCUT2D eigenvalue weighted by molar-refractivity contribution is 0.713. The van der Waals surface area contributed by atoms with Crippen molar-refractivity contribution in [2.75, 3.05) is 0 Å². The molecule has 0 spiro atoms. The molecule has 0 amide bonds. The summed E-state index contributed by atoms with van der Waals surface area (Å²) in [5.74, 6) is 0.462. The summed E-state index contributed by atoms with van der Waals surface area (Å²) in [6.45, 7) is 9.86. The summed E-state index contributed by atoms with van der Waals surface area (Å²) in [7, 11) is 0. The number of hydrogen-bond donors (Lipinski definition) is 0. The minimum Gasteiger partial charge on any atom is -0.103 e. The molecule has 1 aliphatic rings. The van der Waals surface area contributed by atoms with Gasteiger partial charge in [0, 0.05) is 5.92 Å². The van der Waals surface area contributed by atoms with Gasteiger partial charge in [-0.2, -0.15) is 0 Å². The van der Waals surface area contributed by atoms with Crippen molar-refractivity contribution in [1.29, 1.82) is 0 Å². The molecule has 1 radical (unpaired) electrons. The molecule has 87 valence electrons. The maximum Gasteiger partial charge on any atom is 0.00643 e. The average Bonchev–Trinajstić information content (AvgIpc) is 2.63. The highest BCUT2D eigenvalue weighted by atomic mass is 14.2. The van der Waals surface area contributed by atoms with E-state index in [9.17, 15) is 0 Å². The molecule has 0 heteroatoms. The van der Waals surface area contributed by atoms with E-state index in [1.165, 1.54) is 36.8 Å². The van der Waals surface area contributed by atoms with Crippen molar-refractivity contribution in [2.45, 2.75) is 45.4 Å². The highest BCUT2D eigenvalue weighted by Gasteiger charge is 2.15. The second kappa shape index (κ2) is 7.27. The first-order chi connectivity index (χ1) is 7.81. The SMILES string of the molecule is C=CCC1=[C]C(CC=C)C=C1CCCCC. The van der Waals surface area contributed by atoms with Gasteiger partial charge >= 0.3 is 0 Å². The van der Waals surface area contributed by atoms with Crippen molar-refractivity contribution in [3.05, 3.63) is 48.6 Å². The zero-order valence-electron chi connectivity index (χ0n) is 10.5. The molecule has 0 saturated heterocycles. The fourth-order valence-corrected chi connectivity index (χ4v) is 2.14. The van der Waals surface area contributed by atoms with Crippen LogP contribution < -0.4 is 0 Å². The number of unbranched alkanes of at least 4 members (excludes halogenated alkanes) is 2. The van der Waals surface area contributed by atoms with Crippen LogP contribution in [0.4, 0.5) is 0 Å². The first kappa shape index (κ1) is 13.0. The summed E-state index contributed by atoms with van der Waals surface area (Å²) in [4.78, 5) is 0. The number of allylic oxidation sites excluding steroid dienone is 6. The van der Waals surface area contributed by atoms with E-state index in [-0.39, 0.29) is 0 Å². The fraction of sp³-hybridized carbons (Fsp3) is 0.500. The van der Waals surface area contributed by atoms with Gasteiger partial charge in [-0.05, 0) is 42.9 Å². The van der Waals surface area contributed by atoms with Crippen LogP contribution in [0, 0.1) is 12.0 Å². The second-order valence-electron chi connectivity index (χ2n) is 4.40. The largest absolute Gasteiger partial charge is 0.103 e. The second-order valence-corrected chi connectivity index (χ2v) is 4.40. The zero-order chi connectivity index (χ0) is 11.8. The minimum atomic E-state index is 0.462. The minimum absolute atomic E-state index is 0.462. The molecule has 0 bridgehead atoms. The highest BCUT2D eigenvalue weighted by molar-refractivity contribution is 5.37. The Morgan fingerprint density at radius 1 is 1.31 bits per heavy atom. The third kappa shape index (κ3) is 3.84.